The fourth-order valence-electron chi connectivity index (χ4n) is 2.86. The van der Waals surface area contributed by atoms with E-state index in [2.05, 4.69) is 12.2 Å². The number of hydrogen-bond donors (Lipinski definition) is 1. The molecule has 2 aromatic rings. The third kappa shape index (κ3) is 2.13. The van der Waals surface area contributed by atoms with Crippen LogP contribution in [0.15, 0.2) is 28.9 Å². The highest BCUT2D eigenvalue weighted by Gasteiger charge is 2.27. The molecule has 1 aliphatic heterocycles. The van der Waals surface area contributed by atoms with Crippen LogP contribution in [0.1, 0.15) is 24.8 Å². The monoisotopic (exact) mass is 269 g/mol. The van der Waals surface area contributed by atoms with Gasteiger partial charge in [-0.1, -0.05) is 6.92 Å². The second kappa shape index (κ2) is 5.29. The molecule has 0 amide bonds. The van der Waals surface area contributed by atoms with Crippen molar-refractivity contribution in [2.45, 2.75) is 19.3 Å². The topological polar surface area (TPSA) is 25.2 Å². The van der Waals surface area contributed by atoms with Gasteiger partial charge in [-0.15, -0.1) is 12.4 Å². The molecule has 4 heteroatoms. The number of hydrogen-bond acceptors (Lipinski definition) is 2. The molecule has 2 unspecified atom stereocenters. The molecule has 1 aliphatic rings. The molecule has 1 aromatic carbocycles. The van der Waals surface area contributed by atoms with E-state index in [4.69, 9.17) is 4.42 Å². The SMILES string of the molecule is CC1CNCCC1c1c(F)ccc2occc12.Cl. The number of furan rings is 1. The van der Waals surface area contributed by atoms with Crippen molar-refractivity contribution in [3.05, 3.63) is 35.8 Å². The molecule has 2 atom stereocenters. The summed E-state index contributed by atoms with van der Waals surface area (Å²) in [5, 5.41) is 4.28. The van der Waals surface area contributed by atoms with E-state index in [1.807, 2.05) is 6.07 Å². The summed E-state index contributed by atoms with van der Waals surface area (Å²) in [4.78, 5) is 0. The van der Waals surface area contributed by atoms with Gasteiger partial charge in [0.1, 0.15) is 11.4 Å². The molecule has 1 aromatic heterocycles. The Morgan fingerprint density at radius 1 is 1.33 bits per heavy atom. The van der Waals surface area contributed by atoms with Crippen LogP contribution in [0.4, 0.5) is 4.39 Å². The summed E-state index contributed by atoms with van der Waals surface area (Å²) >= 11 is 0. The van der Waals surface area contributed by atoms with E-state index in [9.17, 15) is 4.39 Å². The zero-order chi connectivity index (χ0) is 11.8. The fourth-order valence-corrected chi connectivity index (χ4v) is 2.86. The van der Waals surface area contributed by atoms with E-state index < -0.39 is 0 Å². The zero-order valence-corrected chi connectivity index (χ0v) is 11.1. The first kappa shape index (κ1) is 13.4. The Hall–Kier alpha value is -1.06. The Morgan fingerprint density at radius 2 is 2.17 bits per heavy atom. The average Bonchev–Trinajstić information content (AvgIpc) is 2.79. The van der Waals surface area contributed by atoms with Crippen LogP contribution >= 0.6 is 12.4 Å². The van der Waals surface area contributed by atoms with E-state index in [0.29, 0.717) is 5.92 Å². The van der Waals surface area contributed by atoms with Crippen molar-refractivity contribution in [1.82, 2.24) is 5.32 Å². The predicted molar refractivity (Wildman–Crippen MR) is 72.8 cm³/mol. The summed E-state index contributed by atoms with van der Waals surface area (Å²) < 4.78 is 19.5. The van der Waals surface area contributed by atoms with Gasteiger partial charge in [-0.25, -0.2) is 4.39 Å². The van der Waals surface area contributed by atoms with Crippen LogP contribution < -0.4 is 5.32 Å². The first-order valence-corrected chi connectivity index (χ1v) is 6.13. The zero-order valence-electron chi connectivity index (χ0n) is 10.3. The Balaban J connectivity index is 0.00000120. The molecule has 3 rings (SSSR count). The second-order valence-electron chi connectivity index (χ2n) is 4.87. The summed E-state index contributed by atoms with van der Waals surface area (Å²) in [6.07, 6.45) is 2.63. The van der Waals surface area contributed by atoms with Gasteiger partial charge in [0.05, 0.1) is 6.26 Å². The van der Waals surface area contributed by atoms with E-state index in [1.54, 1.807) is 12.3 Å². The summed E-state index contributed by atoms with van der Waals surface area (Å²) in [6.45, 7) is 4.09. The lowest BCUT2D eigenvalue weighted by Gasteiger charge is -2.30. The van der Waals surface area contributed by atoms with Crippen LogP contribution in [0.2, 0.25) is 0 Å². The van der Waals surface area contributed by atoms with E-state index in [0.717, 1.165) is 36.0 Å². The van der Waals surface area contributed by atoms with Gasteiger partial charge in [-0.2, -0.15) is 0 Å². The van der Waals surface area contributed by atoms with Gasteiger partial charge in [0.25, 0.3) is 0 Å². The molecule has 2 nitrogen and oxygen atoms in total. The highest BCUT2D eigenvalue weighted by Crippen LogP contribution is 2.36. The van der Waals surface area contributed by atoms with Crippen molar-refractivity contribution < 1.29 is 8.81 Å². The van der Waals surface area contributed by atoms with Gasteiger partial charge < -0.3 is 9.73 Å². The number of nitrogens with one attached hydrogen (secondary N) is 1. The first-order valence-electron chi connectivity index (χ1n) is 6.13. The quantitative estimate of drug-likeness (QED) is 0.854. The summed E-state index contributed by atoms with van der Waals surface area (Å²) in [6, 6.07) is 5.11. The highest BCUT2D eigenvalue weighted by molar-refractivity contribution is 5.85. The Labute approximate surface area is 112 Å². The minimum atomic E-state index is -0.0994. The Kier molecular flexibility index (Phi) is 3.93. The van der Waals surface area contributed by atoms with Crippen LogP contribution in [-0.4, -0.2) is 13.1 Å². The maximum absolute atomic E-state index is 14.1. The summed E-state index contributed by atoms with van der Waals surface area (Å²) in [5.74, 6) is 0.647. The Bertz CT molecular complexity index is 540. The van der Waals surface area contributed by atoms with Crippen molar-refractivity contribution in [2.75, 3.05) is 13.1 Å². The molecule has 0 spiro atoms. The maximum Gasteiger partial charge on any atom is 0.134 e. The molecule has 1 saturated heterocycles. The largest absolute Gasteiger partial charge is 0.464 e. The number of piperidine rings is 1. The molecule has 0 aliphatic carbocycles. The van der Waals surface area contributed by atoms with Crippen molar-refractivity contribution in [2.24, 2.45) is 5.92 Å². The van der Waals surface area contributed by atoms with Crippen LogP contribution in [-0.2, 0) is 0 Å². The standard InChI is InChI=1S/C14H16FNO.ClH/c1-9-8-16-6-4-10(9)14-11-5-7-17-13(11)3-2-12(14)15;/h2-3,5,7,9-10,16H,4,6,8H2,1H3;1H. The number of halogens is 2. The molecular formula is C14H17ClFNO. The number of fused-ring (bicyclic) bond motifs is 1. The lowest BCUT2D eigenvalue weighted by molar-refractivity contribution is 0.343. The minimum Gasteiger partial charge on any atom is -0.464 e. The molecule has 2 heterocycles. The third-order valence-electron chi connectivity index (χ3n) is 3.78. The first-order chi connectivity index (χ1) is 8.27. The van der Waals surface area contributed by atoms with Crippen LogP contribution in [0, 0.1) is 11.7 Å². The van der Waals surface area contributed by atoms with E-state index >= 15 is 0 Å². The maximum atomic E-state index is 14.1. The molecule has 0 radical (unpaired) electrons. The minimum absolute atomic E-state index is 0. The van der Waals surface area contributed by atoms with Crippen molar-refractivity contribution in [3.63, 3.8) is 0 Å². The number of benzene rings is 1. The lowest BCUT2D eigenvalue weighted by Crippen LogP contribution is -2.34. The Morgan fingerprint density at radius 3 is 2.94 bits per heavy atom. The van der Waals surface area contributed by atoms with Crippen LogP contribution in [0.25, 0.3) is 11.0 Å². The average molecular weight is 270 g/mol. The van der Waals surface area contributed by atoms with Crippen molar-refractivity contribution >= 4 is 23.4 Å². The molecule has 1 N–H and O–H groups in total. The van der Waals surface area contributed by atoms with Gasteiger partial charge in [0, 0.05) is 10.9 Å². The van der Waals surface area contributed by atoms with Gasteiger partial charge in [-0.05, 0) is 49.5 Å². The fraction of sp³-hybridized carbons (Fsp3) is 0.429. The third-order valence-corrected chi connectivity index (χ3v) is 3.78. The molecular weight excluding hydrogens is 253 g/mol. The lowest BCUT2D eigenvalue weighted by atomic mass is 9.81. The van der Waals surface area contributed by atoms with Crippen LogP contribution in [0.3, 0.4) is 0 Å². The number of rotatable bonds is 1. The van der Waals surface area contributed by atoms with Gasteiger partial charge in [0.2, 0.25) is 0 Å². The predicted octanol–water partition coefficient (Wildman–Crippen LogP) is 3.71. The van der Waals surface area contributed by atoms with Crippen molar-refractivity contribution in [3.8, 4) is 0 Å². The van der Waals surface area contributed by atoms with E-state index in [-0.39, 0.29) is 24.1 Å². The molecule has 0 saturated carbocycles. The van der Waals surface area contributed by atoms with Crippen LogP contribution in [0.5, 0.6) is 0 Å². The van der Waals surface area contributed by atoms with Gasteiger partial charge in [0.15, 0.2) is 0 Å². The molecule has 98 valence electrons. The highest BCUT2D eigenvalue weighted by atomic mass is 35.5. The smallest absolute Gasteiger partial charge is 0.134 e. The summed E-state index contributed by atoms with van der Waals surface area (Å²) in [5.41, 5.74) is 1.62. The van der Waals surface area contributed by atoms with Gasteiger partial charge in [-0.3, -0.25) is 0 Å². The normalized spacial score (nSPS) is 23.9. The molecule has 1 fully saturated rings. The van der Waals surface area contributed by atoms with Crippen molar-refractivity contribution in [1.29, 1.82) is 0 Å². The van der Waals surface area contributed by atoms with Gasteiger partial charge >= 0.3 is 0 Å². The summed E-state index contributed by atoms with van der Waals surface area (Å²) in [7, 11) is 0. The molecule has 18 heavy (non-hydrogen) atoms. The van der Waals surface area contributed by atoms with E-state index in [1.165, 1.54) is 6.07 Å². The second-order valence-corrected chi connectivity index (χ2v) is 4.87. The molecule has 0 bridgehead atoms.